The molecule has 3 heterocycles. The number of nitrogens with zero attached hydrogens (tertiary/aromatic N) is 4. The predicted octanol–water partition coefficient (Wildman–Crippen LogP) is 5.50. The van der Waals surface area contributed by atoms with Crippen molar-refractivity contribution in [2.24, 2.45) is 22.1 Å². The third kappa shape index (κ3) is 7.46. The number of hydrogen-bond donors (Lipinski definition) is 1. The highest BCUT2D eigenvalue weighted by atomic mass is 32.2. The van der Waals surface area contributed by atoms with Crippen molar-refractivity contribution in [1.29, 1.82) is 0 Å². The molecule has 1 saturated heterocycles. The number of piperazine rings is 1. The number of anilines is 1. The fraction of sp³-hybridized carbons (Fsp3) is 0.575. The van der Waals surface area contributed by atoms with Gasteiger partial charge in [0.2, 0.25) is 5.91 Å². The maximum absolute atomic E-state index is 14.6. The average molecular weight is 732 g/mol. The molecule has 52 heavy (non-hydrogen) atoms. The van der Waals surface area contributed by atoms with E-state index < -0.39 is 21.9 Å². The van der Waals surface area contributed by atoms with Crippen molar-refractivity contribution in [3.63, 3.8) is 0 Å². The molecule has 12 heteroatoms. The van der Waals surface area contributed by atoms with Crippen LogP contribution in [0.4, 0.5) is 10.5 Å². The molecule has 1 spiro atoms. The Balaban J connectivity index is 1.26. The van der Waals surface area contributed by atoms with Crippen molar-refractivity contribution in [3.8, 4) is 5.75 Å². The number of amides is 4. The monoisotopic (exact) mass is 731 g/mol. The first-order chi connectivity index (χ1) is 25.0. The molecule has 2 bridgehead atoms. The van der Waals surface area contributed by atoms with E-state index in [0.717, 1.165) is 56.6 Å². The molecule has 2 aromatic rings. The van der Waals surface area contributed by atoms with Gasteiger partial charge in [0.15, 0.2) is 0 Å². The normalized spacial score (nSPS) is 31.2. The second-order valence-electron chi connectivity index (χ2n) is 15.7. The Hall–Kier alpha value is -3.90. The van der Waals surface area contributed by atoms with E-state index in [2.05, 4.69) is 51.3 Å². The third-order valence-electron chi connectivity index (χ3n) is 12.0. The molecule has 0 radical (unpaired) electrons. The summed E-state index contributed by atoms with van der Waals surface area (Å²) in [7, 11) is -1.76. The topological polar surface area (TPSA) is 121 Å². The standard InChI is InChI=1S/C40H53N5O6S/c1-27-10-14-34-30(21-27)8-6-16-40(34)25-45-23-32-11-13-33(32)36(50-4)9-5-7-28(2)24-52(49,42-39(48)44-19-17-43(18-20-44)29(3)46)41-38(47)31-12-15-37(51-26-40)35(45)22-31/h5,9-10,12,14-15,21-22,28,32-33,36H,6-8,11,13,16-20,23-26H2,1-4H3,(H,41,42,47,48,49)/b9-5+/t28-,32-,33+,36-,40-,52?/m0/s1. The number of carbonyl (C=O) groups is 3. The van der Waals surface area contributed by atoms with Crippen molar-refractivity contribution in [1.82, 2.24) is 14.5 Å². The molecule has 3 aliphatic heterocycles. The molecule has 11 nitrogen and oxygen atoms in total. The minimum absolute atomic E-state index is 0.00745. The summed E-state index contributed by atoms with van der Waals surface area (Å²) in [5, 5.41) is 0. The zero-order valence-corrected chi connectivity index (χ0v) is 31.8. The van der Waals surface area contributed by atoms with E-state index in [4.69, 9.17) is 9.47 Å². The second-order valence-corrected chi connectivity index (χ2v) is 17.7. The van der Waals surface area contributed by atoms with Crippen molar-refractivity contribution in [2.75, 3.05) is 63.6 Å². The maximum Gasteiger partial charge on any atom is 0.329 e. The first-order valence-corrected chi connectivity index (χ1v) is 20.6. The summed E-state index contributed by atoms with van der Waals surface area (Å²) in [6, 6.07) is 11.7. The SMILES string of the molecule is CO[C@H]1/C=C/C[C@H](C)CS(=O)(NC(=O)N2CCN(C(C)=O)CC2)=NC(=O)c2ccc3c(c2)N(C[C@@H]2CC[C@H]21)C[C@@]1(CCCc2cc(C)ccc21)CO3. The maximum atomic E-state index is 14.6. The van der Waals surface area contributed by atoms with Crippen LogP contribution in [0.25, 0.3) is 0 Å². The molecule has 1 saturated carbocycles. The smallest absolute Gasteiger partial charge is 0.329 e. The lowest BCUT2D eigenvalue weighted by molar-refractivity contribution is -0.130. The van der Waals surface area contributed by atoms with E-state index in [9.17, 15) is 18.6 Å². The molecule has 280 valence electrons. The van der Waals surface area contributed by atoms with E-state index in [1.807, 2.05) is 19.1 Å². The molecule has 7 rings (SSSR count). The van der Waals surface area contributed by atoms with Gasteiger partial charge in [-0.15, -0.1) is 4.36 Å². The summed E-state index contributed by atoms with van der Waals surface area (Å²) in [6.45, 7) is 9.10. The van der Waals surface area contributed by atoms with Gasteiger partial charge in [-0.3, -0.25) is 14.3 Å². The van der Waals surface area contributed by atoms with Crippen LogP contribution in [0.2, 0.25) is 0 Å². The predicted molar refractivity (Wildman–Crippen MR) is 202 cm³/mol. The van der Waals surface area contributed by atoms with Gasteiger partial charge in [0.1, 0.15) is 15.7 Å². The largest absolute Gasteiger partial charge is 0.490 e. The number of fused-ring (bicyclic) bond motifs is 4. The molecule has 0 aromatic heterocycles. The van der Waals surface area contributed by atoms with Crippen LogP contribution >= 0.6 is 0 Å². The zero-order chi connectivity index (χ0) is 36.6. The van der Waals surface area contributed by atoms with Crippen LogP contribution in [0.3, 0.4) is 0 Å². The van der Waals surface area contributed by atoms with Crippen LogP contribution in [0.15, 0.2) is 52.9 Å². The van der Waals surface area contributed by atoms with Gasteiger partial charge >= 0.3 is 6.03 Å². The van der Waals surface area contributed by atoms with Gasteiger partial charge in [0.05, 0.1) is 24.2 Å². The third-order valence-corrected chi connectivity index (χ3v) is 13.9. The summed E-state index contributed by atoms with van der Waals surface area (Å²) in [6.07, 6.45) is 10.1. The number of allylic oxidation sites excluding steroid dienone is 1. The Bertz CT molecular complexity index is 1860. The van der Waals surface area contributed by atoms with E-state index >= 15 is 0 Å². The highest BCUT2D eigenvalue weighted by molar-refractivity contribution is 7.92. The summed E-state index contributed by atoms with van der Waals surface area (Å²) in [5.74, 6) is 0.650. The highest BCUT2D eigenvalue weighted by Gasteiger charge is 2.44. The van der Waals surface area contributed by atoms with Crippen molar-refractivity contribution >= 4 is 33.4 Å². The number of ether oxygens (including phenoxy) is 2. The van der Waals surface area contributed by atoms with Crippen molar-refractivity contribution in [3.05, 3.63) is 70.8 Å². The number of hydrogen-bond acceptors (Lipinski definition) is 7. The van der Waals surface area contributed by atoms with Gasteiger partial charge in [-0.1, -0.05) is 42.8 Å². The first-order valence-electron chi connectivity index (χ1n) is 18.9. The lowest BCUT2D eigenvalue weighted by atomic mass is 9.68. The fourth-order valence-electron chi connectivity index (χ4n) is 8.95. The van der Waals surface area contributed by atoms with Crippen LogP contribution < -0.4 is 14.4 Å². The minimum atomic E-state index is -3.53. The van der Waals surface area contributed by atoms with Gasteiger partial charge < -0.3 is 24.2 Å². The number of carbonyl (C=O) groups excluding carboxylic acids is 3. The lowest BCUT2D eigenvalue weighted by Crippen LogP contribution is -2.54. The summed E-state index contributed by atoms with van der Waals surface area (Å²) in [5.41, 5.74) is 4.94. The van der Waals surface area contributed by atoms with Gasteiger partial charge in [-0.25, -0.2) is 9.00 Å². The van der Waals surface area contributed by atoms with E-state index in [-0.39, 0.29) is 29.1 Å². The summed E-state index contributed by atoms with van der Waals surface area (Å²) < 4.78 is 34.3. The summed E-state index contributed by atoms with van der Waals surface area (Å²) >= 11 is 0. The number of rotatable bonds is 2. The van der Waals surface area contributed by atoms with Crippen LogP contribution in [0.5, 0.6) is 5.75 Å². The van der Waals surface area contributed by atoms with Crippen LogP contribution in [-0.4, -0.2) is 96.7 Å². The van der Waals surface area contributed by atoms with E-state index in [1.165, 1.54) is 28.5 Å². The lowest BCUT2D eigenvalue weighted by Gasteiger charge is -2.46. The Labute approximate surface area is 308 Å². The number of urea groups is 1. The summed E-state index contributed by atoms with van der Waals surface area (Å²) in [4.78, 5) is 45.0. The van der Waals surface area contributed by atoms with Crippen LogP contribution in [0.1, 0.15) is 73.0 Å². The molecule has 1 unspecified atom stereocenters. The first kappa shape index (κ1) is 36.5. The van der Waals surface area contributed by atoms with Gasteiger partial charge in [-0.05, 0) is 92.5 Å². The molecule has 1 N–H and O–H groups in total. The van der Waals surface area contributed by atoms with E-state index in [0.29, 0.717) is 56.6 Å². The van der Waals surface area contributed by atoms with Crippen molar-refractivity contribution in [2.45, 2.75) is 70.8 Å². The Kier molecular flexibility index (Phi) is 10.4. The molecule has 4 amide bonds. The van der Waals surface area contributed by atoms with Gasteiger partial charge in [0.25, 0.3) is 5.91 Å². The second kappa shape index (κ2) is 14.9. The zero-order valence-electron chi connectivity index (χ0n) is 31.0. The molecule has 6 atom stereocenters. The number of methoxy groups -OCH3 is 1. The van der Waals surface area contributed by atoms with Gasteiger partial charge in [-0.2, -0.15) is 0 Å². The average Bonchev–Trinajstić information content (AvgIpc) is 3.25. The fourth-order valence-corrected chi connectivity index (χ4v) is 10.8. The van der Waals surface area contributed by atoms with E-state index in [1.54, 1.807) is 18.1 Å². The molecule has 2 aliphatic carbocycles. The molecule has 5 aliphatic rings. The Morgan fingerprint density at radius 1 is 1.08 bits per heavy atom. The number of aryl methyl sites for hydroxylation is 2. The van der Waals surface area contributed by atoms with Crippen LogP contribution in [0, 0.1) is 24.7 Å². The van der Waals surface area contributed by atoms with Gasteiger partial charge in [0, 0.05) is 64.3 Å². The number of benzene rings is 2. The van der Waals surface area contributed by atoms with Crippen LogP contribution in [-0.2, 0) is 31.3 Å². The quantitative estimate of drug-likeness (QED) is 0.405. The van der Waals surface area contributed by atoms with Crippen molar-refractivity contribution < 1.29 is 28.1 Å². The molecular formula is C40H53N5O6S. The number of nitrogens with one attached hydrogen (secondary N) is 1. The minimum Gasteiger partial charge on any atom is -0.490 e. The molecule has 2 fully saturated rings. The Morgan fingerprint density at radius 3 is 2.60 bits per heavy atom. The highest BCUT2D eigenvalue weighted by Crippen LogP contribution is 2.47. The molecular weight excluding hydrogens is 679 g/mol. The Morgan fingerprint density at radius 2 is 1.87 bits per heavy atom. The molecule has 2 aromatic carbocycles.